The third kappa shape index (κ3) is 5.44. The molecule has 0 fully saturated rings. The summed E-state index contributed by atoms with van der Waals surface area (Å²) in [7, 11) is 0. The van der Waals surface area contributed by atoms with E-state index in [9.17, 15) is 10.1 Å². The topological polar surface area (TPSA) is 72.4 Å². The van der Waals surface area contributed by atoms with Crippen molar-refractivity contribution in [2.24, 2.45) is 5.73 Å². The molecule has 0 bridgehead atoms. The summed E-state index contributed by atoms with van der Waals surface area (Å²) in [6, 6.07) is 16.9. The number of halogens is 1. The summed E-state index contributed by atoms with van der Waals surface area (Å²) in [4.78, 5) is 12.5. The molecule has 2 N–H and O–H groups in total. The Morgan fingerprint density at radius 3 is 2.00 bits per heavy atom. The van der Waals surface area contributed by atoms with Crippen LogP contribution in [0.4, 0.5) is 5.69 Å². The van der Waals surface area contributed by atoms with Gasteiger partial charge in [0.25, 0.3) is 5.69 Å². The van der Waals surface area contributed by atoms with Crippen LogP contribution in [-0.4, -0.2) is 22.9 Å². The van der Waals surface area contributed by atoms with E-state index in [2.05, 4.69) is 17.0 Å². The lowest BCUT2D eigenvalue weighted by molar-refractivity contribution is -0.384. The highest BCUT2D eigenvalue weighted by molar-refractivity contribution is 5.85. The molecule has 2 aromatic rings. The molecule has 0 spiro atoms. The normalized spacial score (nSPS) is 10.3. The molecule has 0 aliphatic carbocycles. The maximum Gasteiger partial charge on any atom is 0.269 e. The van der Waals surface area contributed by atoms with E-state index in [4.69, 9.17) is 5.73 Å². The van der Waals surface area contributed by atoms with Crippen LogP contribution in [-0.2, 0) is 13.1 Å². The molecule has 2 rings (SSSR count). The van der Waals surface area contributed by atoms with E-state index >= 15 is 0 Å². The first-order chi connectivity index (χ1) is 10.2. The highest BCUT2D eigenvalue weighted by atomic mass is 35.5. The van der Waals surface area contributed by atoms with Gasteiger partial charge in [0.2, 0.25) is 0 Å². The smallest absolute Gasteiger partial charge is 0.269 e. The van der Waals surface area contributed by atoms with Gasteiger partial charge in [0.15, 0.2) is 0 Å². The quantitative estimate of drug-likeness (QED) is 0.628. The molecule has 5 nitrogen and oxygen atoms in total. The highest BCUT2D eigenvalue weighted by Crippen LogP contribution is 2.14. The van der Waals surface area contributed by atoms with Gasteiger partial charge in [0, 0.05) is 38.3 Å². The van der Waals surface area contributed by atoms with Crippen molar-refractivity contribution in [1.29, 1.82) is 0 Å². The summed E-state index contributed by atoms with van der Waals surface area (Å²) in [6.07, 6.45) is 0. The van der Waals surface area contributed by atoms with Gasteiger partial charge in [-0.05, 0) is 11.1 Å². The van der Waals surface area contributed by atoms with Crippen LogP contribution in [0.25, 0.3) is 0 Å². The first kappa shape index (κ1) is 18.1. The van der Waals surface area contributed by atoms with Crippen molar-refractivity contribution in [2.75, 3.05) is 13.1 Å². The van der Waals surface area contributed by atoms with Crippen LogP contribution in [0.15, 0.2) is 54.6 Å². The van der Waals surface area contributed by atoms with E-state index < -0.39 is 0 Å². The molecular weight excluding hydrogens is 302 g/mol. The lowest BCUT2D eigenvalue weighted by Gasteiger charge is -2.21. The van der Waals surface area contributed by atoms with Gasteiger partial charge in [-0.25, -0.2) is 0 Å². The maximum absolute atomic E-state index is 10.7. The summed E-state index contributed by atoms with van der Waals surface area (Å²) < 4.78 is 0. The van der Waals surface area contributed by atoms with Crippen molar-refractivity contribution in [3.63, 3.8) is 0 Å². The fraction of sp³-hybridized carbons (Fsp3) is 0.250. The predicted octanol–water partition coefficient (Wildman–Crippen LogP) is 2.98. The summed E-state index contributed by atoms with van der Waals surface area (Å²) >= 11 is 0. The van der Waals surface area contributed by atoms with Gasteiger partial charge in [0.05, 0.1) is 4.92 Å². The minimum absolute atomic E-state index is 0. The zero-order chi connectivity index (χ0) is 15.1. The van der Waals surface area contributed by atoms with Gasteiger partial charge in [-0.2, -0.15) is 0 Å². The zero-order valence-electron chi connectivity index (χ0n) is 12.2. The summed E-state index contributed by atoms with van der Waals surface area (Å²) in [5.41, 5.74) is 8.06. The molecular formula is C16H20ClN3O2. The molecule has 0 saturated heterocycles. The van der Waals surface area contributed by atoms with Crippen LogP contribution in [0.3, 0.4) is 0 Å². The van der Waals surface area contributed by atoms with Gasteiger partial charge in [0.1, 0.15) is 0 Å². The van der Waals surface area contributed by atoms with E-state index in [1.165, 1.54) is 5.56 Å². The Kier molecular flexibility index (Phi) is 7.52. The van der Waals surface area contributed by atoms with Crippen molar-refractivity contribution < 1.29 is 4.92 Å². The van der Waals surface area contributed by atoms with Crippen LogP contribution < -0.4 is 5.73 Å². The summed E-state index contributed by atoms with van der Waals surface area (Å²) in [5, 5.41) is 10.7. The minimum atomic E-state index is -0.384. The Morgan fingerprint density at radius 1 is 0.955 bits per heavy atom. The number of non-ortho nitro benzene ring substituents is 1. The van der Waals surface area contributed by atoms with E-state index in [0.717, 1.165) is 25.2 Å². The van der Waals surface area contributed by atoms with E-state index in [0.29, 0.717) is 6.54 Å². The molecule has 0 radical (unpaired) electrons. The first-order valence-electron chi connectivity index (χ1n) is 6.88. The van der Waals surface area contributed by atoms with E-state index in [1.807, 2.05) is 18.2 Å². The third-order valence-corrected chi connectivity index (χ3v) is 3.25. The molecule has 0 atom stereocenters. The molecule has 2 aromatic carbocycles. The molecule has 0 heterocycles. The van der Waals surface area contributed by atoms with Gasteiger partial charge >= 0.3 is 0 Å². The van der Waals surface area contributed by atoms with Crippen molar-refractivity contribution >= 4 is 18.1 Å². The lowest BCUT2D eigenvalue weighted by Crippen LogP contribution is -2.28. The van der Waals surface area contributed by atoms with Crippen LogP contribution >= 0.6 is 12.4 Å². The van der Waals surface area contributed by atoms with Crippen molar-refractivity contribution in [3.05, 3.63) is 75.8 Å². The number of nitro benzene ring substituents is 1. The van der Waals surface area contributed by atoms with Gasteiger partial charge in [-0.15, -0.1) is 12.4 Å². The fourth-order valence-electron chi connectivity index (χ4n) is 2.22. The Labute approximate surface area is 136 Å². The summed E-state index contributed by atoms with van der Waals surface area (Å²) in [6.45, 7) is 2.91. The molecule has 0 unspecified atom stereocenters. The monoisotopic (exact) mass is 321 g/mol. The standard InChI is InChI=1S/C16H19N3O2.ClH/c17-10-11-18(12-14-4-2-1-3-5-14)13-15-6-8-16(9-7-15)19(20)21;/h1-9H,10-13,17H2;1H. The molecule has 118 valence electrons. The van der Waals surface area contributed by atoms with E-state index in [-0.39, 0.29) is 23.0 Å². The number of benzene rings is 2. The van der Waals surface area contributed by atoms with Crippen LogP contribution in [0.2, 0.25) is 0 Å². The Hall–Kier alpha value is -1.95. The third-order valence-electron chi connectivity index (χ3n) is 3.25. The molecule has 0 aliphatic heterocycles. The van der Waals surface area contributed by atoms with Crippen molar-refractivity contribution in [3.8, 4) is 0 Å². The van der Waals surface area contributed by atoms with Gasteiger partial charge < -0.3 is 5.73 Å². The average Bonchev–Trinajstić information content (AvgIpc) is 2.49. The maximum atomic E-state index is 10.7. The minimum Gasteiger partial charge on any atom is -0.329 e. The largest absolute Gasteiger partial charge is 0.329 e. The molecule has 0 aliphatic rings. The SMILES string of the molecule is Cl.NCCN(Cc1ccccc1)Cc1ccc([N+](=O)[O-])cc1. The molecule has 0 amide bonds. The fourth-order valence-corrected chi connectivity index (χ4v) is 2.22. The van der Waals surface area contributed by atoms with Crippen LogP contribution in [0.1, 0.15) is 11.1 Å². The Morgan fingerprint density at radius 2 is 1.50 bits per heavy atom. The van der Waals surface area contributed by atoms with Gasteiger partial charge in [-0.3, -0.25) is 15.0 Å². The van der Waals surface area contributed by atoms with E-state index in [1.54, 1.807) is 24.3 Å². The number of nitro groups is 1. The number of hydrogen-bond acceptors (Lipinski definition) is 4. The lowest BCUT2D eigenvalue weighted by atomic mass is 10.1. The zero-order valence-corrected chi connectivity index (χ0v) is 13.0. The Balaban J connectivity index is 0.00000242. The number of hydrogen-bond donors (Lipinski definition) is 1. The highest BCUT2D eigenvalue weighted by Gasteiger charge is 2.08. The second kappa shape index (κ2) is 9.15. The predicted molar refractivity (Wildman–Crippen MR) is 90.0 cm³/mol. The van der Waals surface area contributed by atoms with Crippen molar-refractivity contribution in [1.82, 2.24) is 4.90 Å². The molecule has 0 aromatic heterocycles. The molecule has 0 saturated carbocycles. The number of nitrogens with zero attached hydrogens (tertiary/aromatic N) is 2. The number of nitrogens with two attached hydrogens (primary N) is 1. The van der Waals surface area contributed by atoms with Crippen molar-refractivity contribution in [2.45, 2.75) is 13.1 Å². The second-order valence-electron chi connectivity index (χ2n) is 4.91. The Bertz CT molecular complexity index is 576. The van der Waals surface area contributed by atoms with Gasteiger partial charge in [-0.1, -0.05) is 42.5 Å². The van der Waals surface area contributed by atoms with Crippen LogP contribution in [0.5, 0.6) is 0 Å². The first-order valence-corrected chi connectivity index (χ1v) is 6.88. The molecule has 6 heteroatoms. The average molecular weight is 322 g/mol. The molecule has 22 heavy (non-hydrogen) atoms. The second-order valence-corrected chi connectivity index (χ2v) is 4.91. The summed E-state index contributed by atoms with van der Waals surface area (Å²) in [5.74, 6) is 0. The van der Waals surface area contributed by atoms with Crippen LogP contribution in [0, 0.1) is 10.1 Å². The number of rotatable bonds is 7.